The fraction of sp³-hybridized carbons (Fsp3) is 0.312. The summed E-state index contributed by atoms with van der Waals surface area (Å²) in [5.74, 6) is 0. The fourth-order valence-corrected chi connectivity index (χ4v) is 1.97. The van der Waals surface area contributed by atoms with Crippen molar-refractivity contribution in [2.75, 3.05) is 0 Å². The molecule has 1 aromatic heterocycles. The Morgan fingerprint density at radius 1 is 1.06 bits per heavy atom. The predicted octanol–water partition coefficient (Wildman–Crippen LogP) is 3.59. The zero-order valence-corrected chi connectivity index (χ0v) is 11.4. The molecular formula is C16H19NO. The number of hydrogen-bond donors (Lipinski definition) is 1. The summed E-state index contributed by atoms with van der Waals surface area (Å²) in [6.45, 7) is 7.72. The van der Waals surface area contributed by atoms with Crippen LogP contribution in [0.2, 0.25) is 0 Å². The molecule has 1 N–H and O–H groups in total. The van der Waals surface area contributed by atoms with Gasteiger partial charge in [-0.3, -0.25) is 4.98 Å². The summed E-state index contributed by atoms with van der Waals surface area (Å²) in [6.07, 6.45) is 3.56. The summed E-state index contributed by atoms with van der Waals surface area (Å²) in [4.78, 5) is 4.24. The van der Waals surface area contributed by atoms with Crippen molar-refractivity contribution in [2.24, 2.45) is 0 Å². The minimum Gasteiger partial charge on any atom is -0.386 e. The zero-order valence-electron chi connectivity index (χ0n) is 11.4. The van der Waals surface area contributed by atoms with Gasteiger partial charge in [0.25, 0.3) is 0 Å². The van der Waals surface area contributed by atoms with Crippen molar-refractivity contribution < 1.29 is 5.11 Å². The monoisotopic (exact) mass is 241 g/mol. The third-order valence-corrected chi connectivity index (χ3v) is 3.15. The molecule has 0 unspecified atom stereocenters. The van der Waals surface area contributed by atoms with Gasteiger partial charge in [-0.25, -0.2) is 0 Å². The van der Waals surface area contributed by atoms with Crippen LogP contribution in [0.4, 0.5) is 0 Å². The van der Waals surface area contributed by atoms with E-state index >= 15 is 0 Å². The van der Waals surface area contributed by atoms with Gasteiger partial charge in [-0.1, -0.05) is 23.8 Å². The zero-order chi connectivity index (χ0) is 13.3. The molecule has 94 valence electrons. The molecule has 2 heteroatoms. The van der Waals surface area contributed by atoms with Gasteiger partial charge in [-0.2, -0.15) is 0 Å². The molecule has 1 heterocycles. The SMILES string of the molecule is Cc1ccc(C)c(-c2cncc(C(C)(C)O)c2)c1. The van der Waals surface area contributed by atoms with E-state index < -0.39 is 5.60 Å². The summed E-state index contributed by atoms with van der Waals surface area (Å²) < 4.78 is 0. The fourth-order valence-electron chi connectivity index (χ4n) is 1.97. The lowest BCUT2D eigenvalue weighted by atomic mass is 9.94. The van der Waals surface area contributed by atoms with Crippen molar-refractivity contribution in [3.05, 3.63) is 53.3 Å². The Hall–Kier alpha value is -1.67. The lowest BCUT2D eigenvalue weighted by Gasteiger charge is -2.18. The molecule has 0 radical (unpaired) electrons. The van der Waals surface area contributed by atoms with Crippen molar-refractivity contribution in [3.8, 4) is 11.1 Å². The van der Waals surface area contributed by atoms with E-state index in [1.165, 1.54) is 16.7 Å². The number of aryl methyl sites for hydroxylation is 2. The molecule has 0 fully saturated rings. The second kappa shape index (κ2) is 4.54. The van der Waals surface area contributed by atoms with Gasteiger partial charge in [0.05, 0.1) is 5.60 Å². The highest BCUT2D eigenvalue weighted by Gasteiger charge is 2.17. The van der Waals surface area contributed by atoms with Gasteiger partial charge in [0.1, 0.15) is 0 Å². The smallest absolute Gasteiger partial charge is 0.0855 e. The lowest BCUT2D eigenvalue weighted by Crippen LogP contribution is -2.15. The highest BCUT2D eigenvalue weighted by atomic mass is 16.3. The van der Waals surface area contributed by atoms with Gasteiger partial charge in [0.2, 0.25) is 0 Å². The predicted molar refractivity (Wildman–Crippen MR) is 74.4 cm³/mol. The topological polar surface area (TPSA) is 33.1 Å². The van der Waals surface area contributed by atoms with Crippen LogP contribution in [0.25, 0.3) is 11.1 Å². The molecule has 2 nitrogen and oxygen atoms in total. The average molecular weight is 241 g/mol. The van der Waals surface area contributed by atoms with Crippen LogP contribution in [0.3, 0.4) is 0 Å². The van der Waals surface area contributed by atoms with E-state index in [1.54, 1.807) is 20.0 Å². The maximum absolute atomic E-state index is 10.0. The minimum atomic E-state index is -0.860. The van der Waals surface area contributed by atoms with Crippen LogP contribution in [0.15, 0.2) is 36.7 Å². The molecule has 0 aliphatic heterocycles. The number of nitrogens with zero attached hydrogens (tertiary/aromatic N) is 1. The lowest BCUT2D eigenvalue weighted by molar-refractivity contribution is 0.0783. The van der Waals surface area contributed by atoms with E-state index in [2.05, 4.69) is 37.0 Å². The van der Waals surface area contributed by atoms with E-state index in [-0.39, 0.29) is 0 Å². The Bertz CT molecular complexity index is 568. The number of benzene rings is 1. The maximum atomic E-state index is 10.0. The molecule has 2 aromatic rings. The van der Waals surface area contributed by atoms with Crippen LogP contribution in [-0.2, 0) is 5.60 Å². The molecule has 0 spiro atoms. The number of pyridine rings is 1. The van der Waals surface area contributed by atoms with Crippen LogP contribution in [-0.4, -0.2) is 10.1 Å². The first-order chi connectivity index (χ1) is 8.38. The Morgan fingerprint density at radius 2 is 1.78 bits per heavy atom. The number of hydrogen-bond acceptors (Lipinski definition) is 2. The largest absolute Gasteiger partial charge is 0.386 e. The molecule has 0 bridgehead atoms. The van der Waals surface area contributed by atoms with Crippen LogP contribution < -0.4 is 0 Å². The van der Waals surface area contributed by atoms with Crippen molar-refractivity contribution in [1.82, 2.24) is 4.98 Å². The molecule has 0 saturated carbocycles. The number of aliphatic hydroxyl groups is 1. The Morgan fingerprint density at radius 3 is 2.44 bits per heavy atom. The first-order valence-electron chi connectivity index (χ1n) is 6.13. The summed E-state index contributed by atoms with van der Waals surface area (Å²) >= 11 is 0. The van der Waals surface area contributed by atoms with E-state index in [1.807, 2.05) is 12.3 Å². The van der Waals surface area contributed by atoms with Crippen molar-refractivity contribution in [2.45, 2.75) is 33.3 Å². The third-order valence-electron chi connectivity index (χ3n) is 3.15. The van der Waals surface area contributed by atoms with E-state index in [0.29, 0.717) is 0 Å². The summed E-state index contributed by atoms with van der Waals surface area (Å²) in [5, 5.41) is 10.0. The first kappa shape index (κ1) is 12.8. The minimum absolute atomic E-state index is 0.834. The first-order valence-corrected chi connectivity index (χ1v) is 6.13. The summed E-state index contributed by atoms with van der Waals surface area (Å²) in [7, 11) is 0. The van der Waals surface area contributed by atoms with Gasteiger partial charge < -0.3 is 5.11 Å². The molecule has 2 rings (SSSR count). The van der Waals surface area contributed by atoms with Gasteiger partial charge in [-0.05, 0) is 44.9 Å². The molecule has 0 atom stereocenters. The Kier molecular flexibility index (Phi) is 3.22. The maximum Gasteiger partial charge on any atom is 0.0855 e. The quantitative estimate of drug-likeness (QED) is 0.871. The molecular weight excluding hydrogens is 222 g/mol. The average Bonchev–Trinajstić information content (AvgIpc) is 2.31. The highest BCUT2D eigenvalue weighted by molar-refractivity contribution is 5.67. The van der Waals surface area contributed by atoms with Gasteiger partial charge in [0, 0.05) is 23.5 Å². The standard InChI is InChI=1S/C16H19NO/c1-11-5-6-12(2)15(7-11)13-8-14(10-17-9-13)16(3,4)18/h5-10,18H,1-4H3. The van der Waals surface area contributed by atoms with Crippen LogP contribution in [0.5, 0.6) is 0 Å². The van der Waals surface area contributed by atoms with E-state index in [0.717, 1.165) is 11.1 Å². The van der Waals surface area contributed by atoms with Crippen LogP contribution in [0.1, 0.15) is 30.5 Å². The summed E-state index contributed by atoms with van der Waals surface area (Å²) in [6, 6.07) is 8.38. The molecule has 18 heavy (non-hydrogen) atoms. The molecule has 0 aliphatic rings. The molecule has 0 saturated heterocycles. The van der Waals surface area contributed by atoms with E-state index in [9.17, 15) is 5.11 Å². The van der Waals surface area contributed by atoms with Gasteiger partial charge in [0.15, 0.2) is 0 Å². The van der Waals surface area contributed by atoms with E-state index in [4.69, 9.17) is 0 Å². The second-order valence-corrected chi connectivity index (χ2v) is 5.34. The molecule has 1 aromatic carbocycles. The van der Waals surface area contributed by atoms with Crippen molar-refractivity contribution >= 4 is 0 Å². The van der Waals surface area contributed by atoms with Gasteiger partial charge >= 0.3 is 0 Å². The highest BCUT2D eigenvalue weighted by Crippen LogP contribution is 2.27. The van der Waals surface area contributed by atoms with Crippen LogP contribution in [0, 0.1) is 13.8 Å². The van der Waals surface area contributed by atoms with Gasteiger partial charge in [-0.15, -0.1) is 0 Å². The normalized spacial score (nSPS) is 11.6. The second-order valence-electron chi connectivity index (χ2n) is 5.34. The summed E-state index contributed by atoms with van der Waals surface area (Å²) in [5.41, 5.74) is 4.64. The Balaban J connectivity index is 2.55. The third kappa shape index (κ3) is 2.59. The molecule has 0 amide bonds. The van der Waals surface area contributed by atoms with Crippen LogP contribution >= 0.6 is 0 Å². The molecule has 0 aliphatic carbocycles. The van der Waals surface area contributed by atoms with Crippen molar-refractivity contribution in [3.63, 3.8) is 0 Å². The Labute approximate surface area is 108 Å². The number of rotatable bonds is 2. The number of aromatic nitrogens is 1. The van der Waals surface area contributed by atoms with Crippen molar-refractivity contribution in [1.29, 1.82) is 0 Å².